The Balaban J connectivity index is 1.91. The highest BCUT2D eigenvalue weighted by molar-refractivity contribution is 5.60. The van der Waals surface area contributed by atoms with Gasteiger partial charge in [-0.1, -0.05) is 76.9 Å². The molecule has 0 spiro atoms. The van der Waals surface area contributed by atoms with Crippen LogP contribution in [0.3, 0.4) is 0 Å². The summed E-state index contributed by atoms with van der Waals surface area (Å²) in [6, 6.07) is 0. The van der Waals surface area contributed by atoms with Crippen LogP contribution in [0.4, 0.5) is 0 Å². The maximum absolute atomic E-state index is 9.38. The van der Waals surface area contributed by atoms with Crippen molar-refractivity contribution in [3.05, 3.63) is 12.2 Å². The fourth-order valence-corrected chi connectivity index (χ4v) is 4.45. The van der Waals surface area contributed by atoms with Crippen molar-refractivity contribution in [1.29, 1.82) is 0 Å². The minimum atomic E-state index is 0.278. The minimum Gasteiger partial charge on any atom is -0.391 e. The fourth-order valence-electron chi connectivity index (χ4n) is 4.45. The molecule has 1 N–H and O–H groups in total. The molecule has 3 heteroatoms. The highest BCUT2D eigenvalue weighted by atomic mass is 16.3. The Kier molecular flexibility index (Phi) is 15.6. The zero-order chi connectivity index (χ0) is 20.3. The van der Waals surface area contributed by atoms with Crippen molar-refractivity contribution in [2.75, 3.05) is 26.2 Å². The van der Waals surface area contributed by atoms with Crippen molar-refractivity contribution >= 4 is 6.21 Å². The molecule has 1 aliphatic heterocycles. The molecule has 0 aliphatic carbocycles. The van der Waals surface area contributed by atoms with Gasteiger partial charge in [0.1, 0.15) is 13.1 Å². The molecular formula is C25H49N2O+. The number of quaternary nitrogens is 1. The summed E-state index contributed by atoms with van der Waals surface area (Å²) in [4.78, 5) is 4.71. The molecule has 1 rings (SSSR count). The van der Waals surface area contributed by atoms with Crippen molar-refractivity contribution in [3.63, 3.8) is 0 Å². The molecule has 1 aliphatic rings. The second-order valence-corrected chi connectivity index (χ2v) is 8.70. The van der Waals surface area contributed by atoms with Gasteiger partial charge in [0.25, 0.3) is 0 Å². The lowest BCUT2D eigenvalue weighted by atomic mass is 10.1. The molecule has 0 aromatic carbocycles. The highest BCUT2D eigenvalue weighted by Crippen LogP contribution is 2.24. The van der Waals surface area contributed by atoms with E-state index in [0.29, 0.717) is 6.17 Å². The average Bonchev–Trinajstić information content (AvgIpc) is 3.11. The first kappa shape index (κ1) is 25.4. The summed E-state index contributed by atoms with van der Waals surface area (Å²) in [6.07, 6.45) is 27.5. The van der Waals surface area contributed by atoms with E-state index in [-0.39, 0.29) is 6.61 Å². The van der Waals surface area contributed by atoms with Crippen LogP contribution in [0.2, 0.25) is 0 Å². The van der Waals surface area contributed by atoms with Crippen LogP contribution in [0.5, 0.6) is 0 Å². The van der Waals surface area contributed by atoms with Crippen LogP contribution < -0.4 is 0 Å². The van der Waals surface area contributed by atoms with Gasteiger partial charge in [0, 0.05) is 6.42 Å². The Morgan fingerprint density at radius 2 is 1.43 bits per heavy atom. The van der Waals surface area contributed by atoms with E-state index in [9.17, 15) is 5.11 Å². The van der Waals surface area contributed by atoms with E-state index in [2.05, 4.69) is 32.2 Å². The summed E-state index contributed by atoms with van der Waals surface area (Å²) < 4.78 is 0.972. The molecule has 2 unspecified atom stereocenters. The van der Waals surface area contributed by atoms with Gasteiger partial charge in [-0.05, 0) is 39.0 Å². The molecular weight excluding hydrogens is 344 g/mol. The van der Waals surface area contributed by atoms with Gasteiger partial charge in [0.15, 0.2) is 6.17 Å². The molecule has 0 bridgehead atoms. The molecule has 28 heavy (non-hydrogen) atoms. The van der Waals surface area contributed by atoms with Gasteiger partial charge in [-0.15, -0.1) is 0 Å². The van der Waals surface area contributed by atoms with Crippen molar-refractivity contribution < 1.29 is 9.59 Å². The van der Waals surface area contributed by atoms with Crippen LogP contribution in [0.1, 0.15) is 110 Å². The first-order chi connectivity index (χ1) is 13.8. The lowest BCUT2D eigenvalue weighted by Gasteiger charge is -2.37. The van der Waals surface area contributed by atoms with Gasteiger partial charge in [0.05, 0.1) is 19.4 Å². The van der Waals surface area contributed by atoms with Gasteiger partial charge in [-0.25, -0.2) is 4.99 Å². The Morgan fingerprint density at radius 1 is 0.857 bits per heavy atom. The average molecular weight is 394 g/mol. The molecule has 0 saturated heterocycles. The number of nitrogens with zero attached hydrogens (tertiary/aromatic N) is 2. The van der Waals surface area contributed by atoms with E-state index >= 15 is 0 Å². The standard InChI is InChI=1S/C25H49N2O/c1-3-5-6-7-8-9-10-11-12-13-14-15-16-17-18-19-20-25-26-21-22-27(25,4-2)23-24-28/h12-13,21,25,28H,3-11,14-20,22-24H2,1-2H3/q+1/b13-12+. The van der Waals surface area contributed by atoms with E-state index in [1.165, 1.54) is 96.3 Å². The monoisotopic (exact) mass is 393 g/mol. The number of hydrogen-bond donors (Lipinski definition) is 1. The molecule has 0 aromatic rings. The summed E-state index contributed by atoms with van der Waals surface area (Å²) in [6.45, 7) is 7.74. The second kappa shape index (κ2) is 17.2. The number of allylic oxidation sites excluding steroid dienone is 2. The molecule has 0 fully saturated rings. The number of hydrogen-bond acceptors (Lipinski definition) is 2. The molecule has 0 aromatic heterocycles. The topological polar surface area (TPSA) is 32.6 Å². The van der Waals surface area contributed by atoms with E-state index in [1.54, 1.807) is 0 Å². The summed E-state index contributed by atoms with van der Waals surface area (Å²) in [5.41, 5.74) is 0. The maximum Gasteiger partial charge on any atom is 0.182 e. The third-order valence-electron chi connectivity index (χ3n) is 6.50. The fraction of sp³-hybridized carbons (Fsp3) is 0.880. The zero-order valence-corrected chi connectivity index (χ0v) is 19.1. The van der Waals surface area contributed by atoms with E-state index in [1.807, 2.05) is 0 Å². The minimum absolute atomic E-state index is 0.278. The predicted molar refractivity (Wildman–Crippen MR) is 124 cm³/mol. The molecule has 2 atom stereocenters. The SMILES string of the molecule is CCCCCCCCC/C=C/CCCCCCCC1N=CC[N+]1(CC)CCO. The Hall–Kier alpha value is -0.670. The third-order valence-corrected chi connectivity index (χ3v) is 6.50. The van der Waals surface area contributed by atoms with E-state index in [4.69, 9.17) is 4.99 Å². The van der Waals surface area contributed by atoms with Crippen molar-refractivity contribution in [3.8, 4) is 0 Å². The van der Waals surface area contributed by atoms with Crippen molar-refractivity contribution in [1.82, 2.24) is 0 Å². The molecule has 164 valence electrons. The normalized spacial score (nSPS) is 21.9. The first-order valence-corrected chi connectivity index (χ1v) is 12.4. The highest BCUT2D eigenvalue weighted by Gasteiger charge is 2.36. The van der Waals surface area contributed by atoms with Gasteiger partial charge in [0.2, 0.25) is 0 Å². The lowest BCUT2D eigenvalue weighted by molar-refractivity contribution is -0.936. The first-order valence-electron chi connectivity index (χ1n) is 12.4. The van der Waals surface area contributed by atoms with Gasteiger partial charge >= 0.3 is 0 Å². The van der Waals surface area contributed by atoms with E-state index < -0.39 is 0 Å². The van der Waals surface area contributed by atoms with Crippen LogP contribution in [0, 0.1) is 0 Å². The van der Waals surface area contributed by atoms with Crippen LogP contribution in [0.25, 0.3) is 0 Å². The van der Waals surface area contributed by atoms with Crippen LogP contribution in [0.15, 0.2) is 17.1 Å². The number of aliphatic imine (C=N–C) groups is 1. The molecule has 1 heterocycles. The Bertz CT molecular complexity index is 407. The Morgan fingerprint density at radius 3 is 2.00 bits per heavy atom. The number of unbranched alkanes of at least 4 members (excludes halogenated alkanes) is 12. The number of likely N-dealkylation sites (N-methyl/N-ethyl adjacent to an activating group) is 1. The largest absolute Gasteiger partial charge is 0.391 e. The third kappa shape index (κ3) is 10.8. The molecule has 0 saturated carbocycles. The number of rotatable bonds is 19. The molecule has 0 amide bonds. The quantitative estimate of drug-likeness (QED) is 0.149. The summed E-state index contributed by atoms with van der Waals surface area (Å²) in [5, 5.41) is 9.38. The zero-order valence-electron chi connectivity index (χ0n) is 19.1. The van der Waals surface area contributed by atoms with Crippen molar-refractivity contribution in [2.45, 2.75) is 116 Å². The molecule has 3 nitrogen and oxygen atoms in total. The van der Waals surface area contributed by atoms with Crippen LogP contribution in [-0.2, 0) is 0 Å². The summed E-state index contributed by atoms with van der Waals surface area (Å²) in [5.74, 6) is 0. The molecule has 0 radical (unpaired) electrons. The maximum atomic E-state index is 9.38. The van der Waals surface area contributed by atoms with E-state index in [0.717, 1.165) is 24.1 Å². The van der Waals surface area contributed by atoms with Gasteiger partial charge < -0.3 is 5.11 Å². The van der Waals surface area contributed by atoms with Gasteiger partial charge in [-0.3, -0.25) is 4.48 Å². The Labute approximate surface area is 175 Å². The summed E-state index contributed by atoms with van der Waals surface area (Å²) in [7, 11) is 0. The van der Waals surface area contributed by atoms with Crippen LogP contribution in [-0.4, -0.2) is 48.2 Å². The number of aliphatic hydroxyl groups excluding tert-OH is 1. The van der Waals surface area contributed by atoms with Crippen molar-refractivity contribution in [2.24, 2.45) is 4.99 Å². The second-order valence-electron chi connectivity index (χ2n) is 8.70. The smallest absolute Gasteiger partial charge is 0.182 e. The van der Waals surface area contributed by atoms with Gasteiger partial charge in [-0.2, -0.15) is 0 Å². The van der Waals surface area contributed by atoms with Crippen LogP contribution >= 0.6 is 0 Å². The predicted octanol–water partition coefficient (Wildman–Crippen LogP) is 6.65. The number of aliphatic hydroxyl groups is 1. The lowest BCUT2D eigenvalue weighted by Crippen LogP contribution is -2.53. The summed E-state index contributed by atoms with van der Waals surface area (Å²) >= 11 is 0.